The molecule has 4 nitrogen and oxygen atoms in total. The first kappa shape index (κ1) is 21.2. The van der Waals surface area contributed by atoms with Crippen molar-refractivity contribution in [3.63, 3.8) is 0 Å². The summed E-state index contributed by atoms with van der Waals surface area (Å²) in [5.41, 5.74) is 2.34. The van der Waals surface area contributed by atoms with Gasteiger partial charge >= 0.3 is 0 Å². The Balaban J connectivity index is 0.00000288. The number of nitrogens with one attached hydrogen (secondary N) is 1. The quantitative estimate of drug-likeness (QED) is 0.396. The van der Waals surface area contributed by atoms with Gasteiger partial charge < -0.3 is 10.2 Å². The highest BCUT2D eigenvalue weighted by molar-refractivity contribution is 14.0. The highest BCUT2D eigenvalue weighted by Gasteiger charge is 2.08. The third-order valence-electron chi connectivity index (χ3n) is 3.54. The molecular weight excluding hydrogens is 455 g/mol. The van der Waals surface area contributed by atoms with Crippen molar-refractivity contribution < 1.29 is 0 Å². The van der Waals surface area contributed by atoms with E-state index in [1.165, 1.54) is 10.4 Å². The van der Waals surface area contributed by atoms with Crippen LogP contribution >= 0.6 is 46.9 Å². The fourth-order valence-electron chi connectivity index (χ4n) is 2.42. The lowest BCUT2D eigenvalue weighted by Gasteiger charge is -2.22. The van der Waals surface area contributed by atoms with Gasteiger partial charge in [-0.1, -0.05) is 23.7 Å². The number of aromatic nitrogens is 1. The number of guanidine groups is 1. The average molecular weight is 479 g/mol. The van der Waals surface area contributed by atoms with Crippen molar-refractivity contribution in [3.8, 4) is 0 Å². The standard InChI is InChI=1S/C17H23ClN4S.HI/c1-12-16(23-13(2)21-12)9-10-20-17(19-3)22(4)11-14-5-7-15(18)8-6-14;/h5-8H,9-11H2,1-4H3,(H,19,20);1H. The fourth-order valence-corrected chi connectivity index (χ4v) is 3.48. The van der Waals surface area contributed by atoms with E-state index in [2.05, 4.69) is 27.1 Å². The van der Waals surface area contributed by atoms with E-state index < -0.39 is 0 Å². The number of aliphatic imine (C=N–C) groups is 1. The van der Waals surface area contributed by atoms with E-state index >= 15 is 0 Å². The smallest absolute Gasteiger partial charge is 0.193 e. The van der Waals surface area contributed by atoms with E-state index in [0.717, 1.165) is 41.2 Å². The van der Waals surface area contributed by atoms with Crippen LogP contribution in [0.3, 0.4) is 0 Å². The van der Waals surface area contributed by atoms with E-state index in [-0.39, 0.29) is 24.0 Å². The molecule has 0 radical (unpaired) electrons. The first-order chi connectivity index (χ1) is 11.0. The van der Waals surface area contributed by atoms with Crippen molar-refractivity contribution in [2.45, 2.75) is 26.8 Å². The molecule has 0 aliphatic heterocycles. The maximum Gasteiger partial charge on any atom is 0.193 e. The van der Waals surface area contributed by atoms with Gasteiger partial charge in [0.25, 0.3) is 0 Å². The minimum Gasteiger partial charge on any atom is -0.356 e. The Morgan fingerprint density at radius 3 is 2.50 bits per heavy atom. The Morgan fingerprint density at radius 2 is 1.96 bits per heavy atom. The molecule has 7 heteroatoms. The van der Waals surface area contributed by atoms with Crippen LogP contribution in [0, 0.1) is 13.8 Å². The Hall–Kier alpha value is -0.860. The largest absolute Gasteiger partial charge is 0.356 e. The van der Waals surface area contributed by atoms with Crippen molar-refractivity contribution in [1.29, 1.82) is 0 Å². The Labute approximate surface area is 170 Å². The van der Waals surface area contributed by atoms with Crippen molar-refractivity contribution >= 4 is 52.9 Å². The SMILES string of the molecule is CN=C(NCCc1sc(C)nc1C)N(C)Cc1ccc(Cl)cc1.I. The predicted molar refractivity (Wildman–Crippen MR) is 115 cm³/mol. The van der Waals surface area contributed by atoms with E-state index in [1.807, 2.05) is 45.3 Å². The zero-order valence-corrected chi connectivity index (χ0v) is 18.4. The van der Waals surface area contributed by atoms with Crippen molar-refractivity contribution in [2.75, 3.05) is 20.6 Å². The molecule has 0 atom stereocenters. The predicted octanol–water partition coefficient (Wildman–Crippen LogP) is 4.28. The van der Waals surface area contributed by atoms with Gasteiger partial charge in [0.1, 0.15) is 0 Å². The second kappa shape index (κ2) is 10.2. The lowest BCUT2D eigenvalue weighted by atomic mass is 10.2. The van der Waals surface area contributed by atoms with Crippen LogP contribution in [0.15, 0.2) is 29.3 Å². The van der Waals surface area contributed by atoms with Crippen LogP contribution in [-0.4, -0.2) is 36.5 Å². The summed E-state index contributed by atoms with van der Waals surface area (Å²) in [6.45, 7) is 5.75. The van der Waals surface area contributed by atoms with E-state index in [9.17, 15) is 0 Å². The van der Waals surface area contributed by atoms with Gasteiger partial charge in [-0.05, 0) is 31.5 Å². The molecule has 2 rings (SSSR count). The molecule has 1 aromatic carbocycles. The lowest BCUT2D eigenvalue weighted by Crippen LogP contribution is -2.39. The number of hydrogen-bond acceptors (Lipinski definition) is 3. The zero-order chi connectivity index (χ0) is 16.8. The van der Waals surface area contributed by atoms with E-state index in [0.29, 0.717) is 0 Å². The molecule has 1 aromatic heterocycles. The molecule has 1 N–H and O–H groups in total. The third-order valence-corrected chi connectivity index (χ3v) is 4.93. The number of rotatable bonds is 5. The molecular formula is C17H24ClIN4S. The molecule has 0 spiro atoms. The highest BCUT2D eigenvalue weighted by Crippen LogP contribution is 2.17. The van der Waals surface area contributed by atoms with Crippen molar-refractivity contribution in [1.82, 2.24) is 15.2 Å². The van der Waals surface area contributed by atoms with Crippen LogP contribution in [0.2, 0.25) is 5.02 Å². The van der Waals surface area contributed by atoms with E-state index in [4.69, 9.17) is 11.6 Å². The number of benzene rings is 1. The molecule has 0 aliphatic rings. The van der Waals surface area contributed by atoms with Crippen LogP contribution in [0.5, 0.6) is 0 Å². The van der Waals surface area contributed by atoms with Crippen LogP contribution < -0.4 is 5.32 Å². The summed E-state index contributed by atoms with van der Waals surface area (Å²) in [6, 6.07) is 7.90. The lowest BCUT2D eigenvalue weighted by molar-refractivity contribution is 0.477. The number of nitrogens with zero attached hydrogens (tertiary/aromatic N) is 3. The molecule has 132 valence electrons. The normalized spacial score (nSPS) is 11.1. The molecule has 2 aromatic rings. The first-order valence-corrected chi connectivity index (χ1v) is 8.78. The fraction of sp³-hybridized carbons (Fsp3) is 0.412. The Morgan fingerprint density at radius 1 is 1.29 bits per heavy atom. The molecule has 0 saturated heterocycles. The minimum atomic E-state index is 0. The number of halogens is 2. The summed E-state index contributed by atoms with van der Waals surface area (Å²) in [6.07, 6.45) is 0.963. The van der Waals surface area contributed by atoms with Gasteiger partial charge in [-0.3, -0.25) is 4.99 Å². The molecule has 0 unspecified atom stereocenters. The first-order valence-electron chi connectivity index (χ1n) is 7.58. The summed E-state index contributed by atoms with van der Waals surface area (Å²) >= 11 is 7.69. The van der Waals surface area contributed by atoms with Crippen LogP contribution in [-0.2, 0) is 13.0 Å². The third kappa shape index (κ3) is 6.22. The maximum absolute atomic E-state index is 5.93. The maximum atomic E-state index is 5.93. The number of hydrogen-bond donors (Lipinski definition) is 1. The summed E-state index contributed by atoms with van der Waals surface area (Å²) in [7, 11) is 3.84. The van der Waals surface area contributed by atoms with Crippen LogP contribution in [0.25, 0.3) is 0 Å². The van der Waals surface area contributed by atoms with Crippen molar-refractivity contribution in [2.24, 2.45) is 4.99 Å². The van der Waals surface area contributed by atoms with Gasteiger partial charge in [0.2, 0.25) is 0 Å². The van der Waals surface area contributed by atoms with Gasteiger partial charge in [0, 0.05) is 43.5 Å². The monoisotopic (exact) mass is 478 g/mol. The van der Waals surface area contributed by atoms with Gasteiger partial charge in [-0.15, -0.1) is 35.3 Å². The summed E-state index contributed by atoms with van der Waals surface area (Å²) in [4.78, 5) is 12.3. The summed E-state index contributed by atoms with van der Waals surface area (Å²) in [5.74, 6) is 0.888. The van der Waals surface area contributed by atoms with Crippen LogP contribution in [0.4, 0.5) is 0 Å². The second-order valence-corrected chi connectivity index (χ2v) is 7.17. The summed E-state index contributed by atoms with van der Waals surface area (Å²) < 4.78 is 0. The summed E-state index contributed by atoms with van der Waals surface area (Å²) in [5, 5.41) is 5.30. The van der Waals surface area contributed by atoms with E-state index in [1.54, 1.807) is 11.3 Å². The molecule has 0 saturated carbocycles. The topological polar surface area (TPSA) is 40.5 Å². The van der Waals surface area contributed by atoms with Crippen LogP contribution in [0.1, 0.15) is 21.1 Å². The average Bonchev–Trinajstić information content (AvgIpc) is 2.84. The van der Waals surface area contributed by atoms with Gasteiger partial charge in [0.15, 0.2) is 5.96 Å². The van der Waals surface area contributed by atoms with Gasteiger partial charge in [-0.25, -0.2) is 4.98 Å². The highest BCUT2D eigenvalue weighted by atomic mass is 127. The second-order valence-electron chi connectivity index (χ2n) is 5.45. The molecule has 1 heterocycles. The minimum absolute atomic E-state index is 0. The Bertz CT molecular complexity index is 670. The number of aryl methyl sites for hydroxylation is 2. The molecule has 24 heavy (non-hydrogen) atoms. The molecule has 0 aliphatic carbocycles. The molecule has 0 fully saturated rings. The number of thiazole rings is 1. The van der Waals surface area contributed by atoms with Gasteiger partial charge in [-0.2, -0.15) is 0 Å². The Kier molecular flexibility index (Phi) is 9.01. The van der Waals surface area contributed by atoms with Crippen molar-refractivity contribution in [3.05, 3.63) is 50.4 Å². The molecule has 0 amide bonds. The van der Waals surface area contributed by atoms with Gasteiger partial charge in [0.05, 0.1) is 10.7 Å². The molecule has 0 bridgehead atoms. The zero-order valence-electron chi connectivity index (χ0n) is 14.5.